The van der Waals surface area contributed by atoms with E-state index in [0.717, 1.165) is 28.8 Å². The summed E-state index contributed by atoms with van der Waals surface area (Å²) >= 11 is 0. The number of carbonyl (C=O) groups is 1. The van der Waals surface area contributed by atoms with Crippen LogP contribution in [-0.4, -0.2) is 5.91 Å². The smallest absolute Gasteiger partial charge is 0.221 e. The fraction of sp³-hybridized carbons (Fsp3) is 0.250. The standard InChI is InChI=1S/C12H13NO2/c1-3-9-7-10-11(13-8(2)14)5-4-6-12(10)15-9/h4-7H,3H2,1-2H3,(H,13,14). The molecule has 1 heterocycles. The summed E-state index contributed by atoms with van der Waals surface area (Å²) in [5, 5.41) is 3.75. The molecule has 3 nitrogen and oxygen atoms in total. The average molecular weight is 203 g/mol. The molecule has 1 N–H and O–H groups in total. The molecule has 0 bridgehead atoms. The molecule has 0 spiro atoms. The van der Waals surface area contributed by atoms with E-state index in [1.54, 1.807) is 0 Å². The minimum absolute atomic E-state index is 0.0678. The molecule has 0 aliphatic rings. The zero-order valence-electron chi connectivity index (χ0n) is 8.83. The van der Waals surface area contributed by atoms with E-state index in [1.165, 1.54) is 6.92 Å². The van der Waals surface area contributed by atoms with Crippen molar-refractivity contribution < 1.29 is 9.21 Å². The molecule has 0 aliphatic heterocycles. The van der Waals surface area contributed by atoms with Gasteiger partial charge in [0.15, 0.2) is 0 Å². The van der Waals surface area contributed by atoms with Gasteiger partial charge >= 0.3 is 0 Å². The molecule has 1 aromatic heterocycles. The number of benzene rings is 1. The summed E-state index contributed by atoms with van der Waals surface area (Å²) in [5.41, 5.74) is 1.63. The Balaban J connectivity index is 2.54. The Bertz CT molecular complexity index is 499. The van der Waals surface area contributed by atoms with Gasteiger partial charge < -0.3 is 9.73 Å². The van der Waals surface area contributed by atoms with Gasteiger partial charge in [0.2, 0.25) is 5.91 Å². The van der Waals surface area contributed by atoms with Gasteiger partial charge in [0.1, 0.15) is 11.3 Å². The highest BCUT2D eigenvalue weighted by Crippen LogP contribution is 2.26. The lowest BCUT2D eigenvalue weighted by molar-refractivity contribution is -0.114. The van der Waals surface area contributed by atoms with Crippen molar-refractivity contribution >= 4 is 22.6 Å². The van der Waals surface area contributed by atoms with Gasteiger partial charge in [-0.25, -0.2) is 0 Å². The van der Waals surface area contributed by atoms with Crippen LogP contribution >= 0.6 is 0 Å². The van der Waals surface area contributed by atoms with Gasteiger partial charge in [-0.15, -0.1) is 0 Å². The molecular weight excluding hydrogens is 190 g/mol. The molecule has 0 saturated carbocycles. The lowest BCUT2D eigenvalue weighted by atomic mass is 10.2. The molecule has 3 heteroatoms. The van der Waals surface area contributed by atoms with E-state index >= 15 is 0 Å². The van der Waals surface area contributed by atoms with Gasteiger partial charge in [-0.3, -0.25) is 4.79 Å². The molecule has 1 aromatic carbocycles. The van der Waals surface area contributed by atoms with Crippen molar-refractivity contribution in [1.82, 2.24) is 0 Å². The van der Waals surface area contributed by atoms with E-state index in [2.05, 4.69) is 5.32 Å². The molecule has 78 valence electrons. The van der Waals surface area contributed by atoms with Crippen LogP contribution in [-0.2, 0) is 11.2 Å². The van der Waals surface area contributed by atoms with Crippen LogP contribution in [0.4, 0.5) is 5.69 Å². The monoisotopic (exact) mass is 203 g/mol. The summed E-state index contributed by atoms with van der Waals surface area (Å²) in [6, 6.07) is 7.62. The molecule has 0 aliphatic carbocycles. The highest BCUT2D eigenvalue weighted by molar-refractivity contribution is 5.99. The molecular formula is C12H13NO2. The van der Waals surface area contributed by atoms with Crippen molar-refractivity contribution in [1.29, 1.82) is 0 Å². The Labute approximate surface area is 88.1 Å². The summed E-state index contributed by atoms with van der Waals surface area (Å²) in [6.45, 7) is 3.54. The number of carbonyl (C=O) groups excluding carboxylic acids is 1. The van der Waals surface area contributed by atoms with Gasteiger partial charge in [0.25, 0.3) is 0 Å². The van der Waals surface area contributed by atoms with Crippen molar-refractivity contribution in [2.75, 3.05) is 5.32 Å². The van der Waals surface area contributed by atoms with Gasteiger partial charge in [0, 0.05) is 18.7 Å². The fourth-order valence-electron chi connectivity index (χ4n) is 1.59. The van der Waals surface area contributed by atoms with E-state index in [0.29, 0.717) is 0 Å². The van der Waals surface area contributed by atoms with E-state index in [9.17, 15) is 4.79 Å². The molecule has 0 atom stereocenters. The first kappa shape index (κ1) is 9.77. The number of nitrogens with one attached hydrogen (secondary N) is 1. The van der Waals surface area contributed by atoms with Crippen LogP contribution < -0.4 is 5.32 Å². The third kappa shape index (κ3) is 1.86. The Morgan fingerprint density at radius 3 is 2.93 bits per heavy atom. The first-order valence-corrected chi connectivity index (χ1v) is 4.99. The second-order valence-electron chi connectivity index (χ2n) is 3.46. The fourth-order valence-corrected chi connectivity index (χ4v) is 1.59. The van der Waals surface area contributed by atoms with Crippen LogP contribution in [0.2, 0.25) is 0 Å². The summed E-state index contributed by atoms with van der Waals surface area (Å²) in [4.78, 5) is 11.0. The first-order chi connectivity index (χ1) is 7.20. The van der Waals surface area contributed by atoms with E-state index in [1.807, 2.05) is 31.2 Å². The Morgan fingerprint density at radius 1 is 1.47 bits per heavy atom. The maximum atomic E-state index is 11.0. The highest BCUT2D eigenvalue weighted by Gasteiger charge is 2.07. The lowest BCUT2D eigenvalue weighted by Crippen LogP contribution is -2.05. The van der Waals surface area contributed by atoms with Crippen molar-refractivity contribution in [2.24, 2.45) is 0 Å². The van der Waals surface area contributed by atoms with Crippen molar-refractivity contribution in [3.05, 3.63) is 30.0 Å². The SMILES string of the molecule is CCc1cc2c(NC(C)=O)cccc2o1. The summed E-state index contributed by atoms with van der Waals surface area (Å²) < 4.78 is 5.59. The number of amides is 1. The van der Waals surface area contributed by atoms with Crippen molar-refractivity contribution in [3.63, 3.8) is 0 Å². The van der Waals surface area contributed by atoms with Gasteiger partial charge in [-0.05, 0) is 18.2 Å². The Kier molecular flexibility index (Phi) is 2.46. The van der Waals surface area contributed by atoms with Crippen LogP contribution in [0.1, 0.15) is 19.6 Å². The molecule has 0 fully saturated rings. The predicted octanol–water partition coefficient (Wildman–Crippen LogP) is 2.95. The number of rotatable bonds is 2. The number of anilines is 1. The Hall–Kier alpha value is -1.77. The second kappa shape index (κ2) is 3.77. The average Bonchev–Trinajstić information content (AvgIpc) is 2.61. The van der Waals surface area contributed by atoms with E-state index in [-0.39, 0.29) is 5.91 Å². The van der Waals surface area contributed by atoms with Crippen LogP contribution in [0.25, 0.3) is 11.0 Å². The highest BCUT2D eigenvalue weighted by atomic mass is 16.3. The first-order valence-electron chi connectivity index (χ1n) is 4.99. The molecule has 2 rings (SSSR count). The predicted molar refractivity (Wildman–Crippen MR) is 59.9 cm³/mol. The third-order valence-corrected chi connectivity index (χ3v) is 2.27. The lowest BCUT2D eigenvalue weighted by Gasteiger charge is -2.01. The molecule has 1 amide bonds. The maximum absolute atomic E-state index is 11.0. The largest absolute Gasteiger partial charge is 0.461 e. The summed E-state index contributed by atoms with van der Waals surface area (Å²) in [7, 11) is 0. The topological polar surface area (TPSA) is 42.2 Å². The zero-order valence-corrected chi connectivity index (χ0v) is 8.83. The molecule has 0 unspecified atom stereocenters. The van der Waals surface area contributed by atoms with Gasteiger partial charge in [0.05, 0.1) is 5.69 Å². The van der Waals surface area contributed by atoms with Crippen LogP contribution in [0.3, 0.4) is 0 Å². The van der Waals surface area contributed by atoms with Crippen LogP contribution in [0.15, 0.2) is 28.7 Å². The molecule has 2 aromatic rings. The van der Waals surface area contributed by atoms with Gasteiger partial charge in [-0.1, -0.05) is 13.0 Å². The molecule has 0 saturated heterocycles. The number of hydrogen-bond acceptors (Lipinski definition) is 2. The van der Waals surface area contributed by atoms with Crippen LogP contribution in [0.5, 0.6) is 0 Å². The maximum Gasteiger partial charge on any atom is 0.221 e. The number of aryl methyl sites for hydroxylation is 1. The van der Waals surface area contributed by atoms with Crippen molar-refractivity contribution in [2.45, 2.75) is 20.3 Å². The number of hydrogen-bond donors (Lipinski definition) is 1. The van der Waals surface area contributed by atoms with Gasteiger partial charge in [-0.2, -0.15) is 0 Å². The summed E-state index contributed by atoms with van der Waals surface area (Å²) in [6.07, 6.45) is 0.855. The van der Waals surface area contributed by atoms with Crippen molar-refractivity contribution in [3.8, 4) is 0 Å². The molecule has 0 radical (unpaired) electrons. The minimum Gasteiger partial charge on any atom is -0.461 e. The summed E-state index contributed by atoms with van der Waals surface area (Å²) in [5.74, 6) is 0.865. The Morgan fingerprint density at radius 2 is 2.27 bits per heavy atom. The number of fused-ring (bicyclic) bond motifs is 1. The zero-order chi connectivity index (χ0) is 10.8. The quantitative estimate of drug-likeness (QED) is 0.815. The van der Waals surface area contributed by atoms with E-state index < -0.39 is 0 Å². The molecule has 15 heavy (non-hydrogen) atoms. The van der Waals surface area contributed by atoms with Crippen LogP contribution in [0, 0.1) is 0 Å². The number of furan rings is 1. The normalized spacial score (nSPS) is 10.5. The second-order valence-corrected chi connectivity index (χ2v) is 3.46. The minimum atomic E-state index is -0.0678. The third-order valence-electron chi connectivity index (χ3n) is 2.27. The van der Waals surface area contributed by atoms with E-state index in [4.69, 9.17) is 4.42 Å².